The molecule has 0 unspecified atom stereocenters. The van der Waals surface area contributed by atoms with Crippen molar-refractivity contribution in [3.63, 3.8) is 0 Å². The van der Waals surface area contributed by atoms with Gasteiger partial charge in [0.1, 0.15) is 10.3 Å². The summed E-state index contributed by atoms with van der Waals surface area (Å²) in [5.41, 5.74) is 0.331. The first-order valence-electron chi connectivity index (χ1n) is 5.64. The highest BCUT2D eigenvalue weighted by Crippen LogP contribution is 2.32. The van der Waals surface area contributed by atoms with Gasteiger partial charge in [0.25, 0.3) is 6.43 Å². The summed E-state index contributed by atoms with van der Waals surface area (Å²) in [4.78, 5) is 5.55. The van der Waals surface area contributed by atoms with Crippen LogP contribution in [0.1, 0.15) is 11.6 Å². The van der Waals surface area contributed by atoms with E-state index in [1.165, 1.54) is 12.1 Å². The predicted octanol–water partition coefficient (Wildman–Crippen LogP) is 3.44. The zero-order valence-electron chi connectivity index (χ0n) is 10.4. The van der Waals surface area contributed by atoms with Gasteiger partial charge >= 0.3 is 0 Å². The third kappa shape index (κ3) is 4.83. The fourth-order valence-corrected chi connectivity index (χ4v) is 2.55. The van der Waals surface area contributed by atoms with Crippen molar-refractivity contribution in [2.75, 3.05) is 26.2 Å². The lowest BCUT2D eigenvalue weighted by Gasteiger charge is -2.34. The number of alkyl halides is 2. The van der Waals surface area contributed by atoms with Gasteiger partial charge in [-0.2, -0.15) is 0 Å². The summed E-state index contributed by atoms with van der Waals surface area (Å²) in [6.07, 6.45) is -2.51. The van der Waals surface area contributed by atoms with Crippen LogP contribution in [-0.4, -0.2) is 42.5 Å². The van der Waals surface area contributed by atoms with Crippen LogP contribution in [0, 0.1) is 0 Å². The minimum Gasteiger partial charge on any atom is -0.314 e. The molecule has 3 nitrogen and oxygen atoms in total. The van der Waals surface area contributed by atoms with Crippen molar-refractivity contribution in [3.8, 4) is 0 Å². The lowest BCUT2D eigenvalue weighted by atomic mass is 10.1. The molecular formula is C11H15Cl4F2N3. The first-order valence-corrected chi connectivity index (χ1v) is 6.40. The quantitative estimate of drug-likeness (QED) is 0.828. The second-order valence-electron chi connectivity index (χ2n) is 4.08. The molecule has 0 bridgehead atoms. The molecule has 1 aromatic rings. The van der Waals surface area contributed by atoms with Crippen molar-refractivity contribution in [1.29, 1.82) is 0 Å². The molecular weight excluding hydrogens is 354 g/mol. The van der Waals surface area contributed by atoms with Gasteiger partial charge in [-0.05, 0) is 6.07 Å². The van der Waals surface area contributed by atoms with Crippen LogP contribution < -0.4 is 5.32 Å². The van der Waals surface area contributed by atoms with Gasteiger partial charge < -0.3 is 5.32 Å². The highest BCUT2D eigenvalue weighted by Gasteiger charge is 2.32. The number of pyridine rings is 1. The number of hydrogen-bond acceptors (Lipinski definition) is 3. The van der Waals surface area contributed by atoms with E-state index >= 15 is 0 Å². The van der Waals surface area contributed by atoms with Gasteiger partial charge in [0.2, 0.25) is 0 Å². The largest absolute Gasteiger partial charge is 0.314 e. The van der Waals surface area contributed by atoms with E-state index in [9.17, 15) is 8.78 Å². The molecule has 1 aliphatic rings. The maximum absolute atomic E-state index is 13.3. The second-order valence-corrected chi connectivity index (χ2v) is 4.82. The van der Waals surface area contributed by atoms with Crippen molar-refractivity contribution >= 4 is 48.0 Å². The third-order valence-corrected chi connectivity index (χ3v) is 3.46. The summed E-state index contributed by atoms with van der Waals surface area (Å²) in [7, 11) is 0. The Kier molecular flexibility index (Phi) is 9.22. The van der Waals surface area contributed by atoms with Gasteiger partial charge in [-0.15, -0.1) is 24.8 Å². The number of nitrogens with one attached hydrogen (secondary N) is 1. The molecule has 2 heterocycles. The molecule has 0 aliphatic carbocycles. The van der Waals surface area contributed by atoms with Gasteiger partial charge in [-0.1, -0.05) is 29.3 Å². The summed E-state index contributed by atoms with van der Waals surface area (Å²) in [6, 6.07) is 1.99. The fourth-order valence-electron chi connectivity index (χ4n) is 2.10. The van der Waals surface area contributed by atoms with E-state index in [2.05, 4.69) is 10.3 Å². The molecule has 1 aromatic heterocycles. The second kappa shape index (κ2) is 9.18. The molecule has 2 rings (SSSR count). The van der Waals surface area contributed by atoms with Crippen molar-refractivity contribution in [2.24, 2.45) is 0 Å². The van der Waals surface area contributed by atoms with E-state index in [1.54, 1.807) is 4.90 Å². The minimum absolute atomic E-state index is 0. The molecule has 0 amide bonds. The average Bonchev–Trinajstić information content (AvgIpc) is 2.33. The molecule has 1 N–H and O–H groups in total. The summed E-state index contributed by atoms with van der Waals surface area (Å²) in [6.45, 7) is 2.52. The molecule has 0 radical (unpaired) electrons. The van der Waals surface area contributed by atoms with Gasteiger partial charge in [-0.3, -0.25) is 4.90 Å². The first kappa shape index (κ1) is 20.1. The van der Waals surface area contributed by atoms with Crippen LogP contribution in [0.5, 0.6) is 0 Å². The summed E-state index contributed by atoms with van der Waals surface area (Å²) >= 11 is 11.6. The van der Waals surface area contributed by atoms with Crippen molar-refractivity contribution in [3.05, 3.63) is 28.0 Å². The van der Waals surface area contributed by atoms with Crippen LogP contribution in [0.2, 0.25) is 10.3 Å². The number of halogens is 6. The van der Waals surface area contributed by atoms with Gasteiger partial charge in [-0.25, -0.2) is 13.8 Å². The van der Waals surface area contributed by atoms with Crippen molar-refractivity contribution in [1.82, 2.24) is 15.2 Å². The highest BCUT2D eigenvalue weighted by molar-refractivity contribution is 6.32. The number of hydrogen-bond donors (Lipinski definition) is 1. The first-order chi connectivity index (χ1) is 8.59. The van der Waals surface area contributed by atoms with Gasteiger partial charge in [0.05, 0.1) is 6.04 Å². The number of piperazine rings is 1. The van der Waals surface area contributed by atoms with Crippen molar-refractivity contribution < 1.29 is 8.78 Å². The molecule has 1 saturated heterocycles. The molecule has 0 spiro atoms. The van der Waals surface area contributed by atoms with Gasteiger partial charge in [0, 0.05) is 31.7 Å². The Balaban J connectivity index is 0.00000180. The predicted molar refractivity (Wildman–Crippen MR) is 81.9 cm³/mol. The molecule has 0 saturated carbocycles. The Hall–Kier alpha value is 0.0900. The van der Waals surface area contributed by atoms with Crippen LogP contribution in [-0.2, 0) is 0 Å². The van der Waals surface area contributed by atoms with E-state index in [0.717, 1.165) is 0 Å². The summed E-state index contributed by atoms with van der Waals surface area (Å²) in [5, 5.41) is 3.38. The monoisotopic (exact) mass is 367 g/mol. The third-order valence-electron chi connectivity index (χ3n) is 2.95. The topological polar surface area (TPSA) is 28.2 Å². The smallest absolute Gasteiger partial charge is 0.258 e. The van der Waals surface area contributed by atoms with Crippen LogP contribution in [0.4, 0.5) is 8.78 Å². The van der Waals surface area contributed by atoms with E-state index in [0.29, 0.717) is 31.7 Å². The number of nitrogens with zero attached hydrogens (tertiary/aromatic N) is 2. The number of aromatic nitrogens is 1. The van der Waals surface area contributed by atoms with Crippen molar-refractivity contribution in [2.45, 2.75) is 12.5 Å². The Labute approximate surface area is 138 Å². The van der Waals surface area contributed by atoms with E-state index in [4.69, 9.17) is 23.2 Å². The van der Waals surface area contributed by atoms with E-state index < -0.39 is 12.5 Å². The fraction of sp³-hybridized carbons (Fsp3) is 0.545. The molecule has 9 heteroatoms. The lowest BCUT2D eigenvalue weighted by molar-refractivity contribution is 0.0180. The van der Waals surface area contributed by atoms with E-state index in [-0.39, 0.29) is 35.1 Å². The Bertz CT molecular complexity index is 417. The van der Waals surface area contributed by atoms with E-state index in [1.807, 2.05) is 0 Å². The lowest BCUT2D eigenvalue weighted by Crippen LogP contribution is -2.47. The normalized spacial score (nSPS) is 17.2. The standard InChI is InChI=1S/C11H13Cl2F2N3.2ClH/c12-8-2-1-7(10(13)17-8)9(11(14)15)18-5-3-16-4-6-18;;/h1-2,9,11,16H,3-6H2;2*1H/t9-;;/m1../s1. The average molecular weight is 369 g/mol. The Morgan fingerprint density at radius 1 is 1.15 bits per heavy atom. The van der Waals surface area contributed by atoms with Crippen LogP contribution in [0.15, 0.2) is 12.1 Å². The molecule has 1 fully saturated rings. The molecule has 116 valence electrons. The molecule has 20 heavy (non-hydrogen) atoms. The molecule has 0 aromatic carbocycles. The summed E-state index contributed by atoms with van der Waals surface area (Å²) < 4.78 is 26.5. The molecule has 1 atom stereocenters. The Morgan fingerprint density at radius 2 is 1.75 bits per heavy atom. The van der Waals surface area contributed by atoms with Crippen LogP contribution in [0.3, 0.4) is 0 Å². The zero-order chi connectivity index (χ0) is 13.1. The van der Waals surface area contributed by atoms with Gasteiger partial charge in [0.15, 0.2) is 0 Å². The Morgan fingerprint density at radius 3 is 2.25 bits per heavy atom. The maximum Gasteiger partial charge on any atom is 0.258 e. The van der Waals surface area contributed by atoms with Crippen LogP contribution in [0.25, 0.3) is 0 Å². The molecule has 1 aliphatic heterocycles. The van der Waals surface area contributed by atoms with Crippen LogP contribution >= 0.6 is 48.0 Å². The maximum atomic E-state index is 13.3. The minimum atomic E-state index is -2.51. The SMILES string of the molecule is Cl.Cl.FC(F)[C@@H](c1ccc(Cl)nc1Cl)N1CCNCC1. The summed E-state index contributed by atoms with van der Waals surface area (Å²) in [5.74, 6) is 0. The zero-order valence-corrected chi connectivity index (χ0v) is 13.5. The number of rotatable bonds is 3. The highest BCUT2D eigenvalue weighted by atomic mass is 35.5.